The van der Waals surface area contributed by atoms with Crippen LogP contribution in [0.4, 0.5) is 4.39 Å². The van der Waals surface area contributed by atoms with Gasteiger partial charge in [0.05, 0.1) is 4.32 Å². The number of fused-ring (bicyclic) bond motifs is 5. The number of ketones is 1. The summed E-state index contributed by atoms with van der Waals surface area (Å²) in [5, 5.41) is 0. The van der Waals surface area contributed by atoms with Gasteiger partial charge in [-0.25, -0.2) is 4.39 Å². The number of allylic oxidation sites excluding steroid dienone is 4. The molecule has 0 aromatic heterocycles. The topological polar surface area (TPSA) is 43.4 Å². The van der Waals surface area contributed by atoms with Gasteiger partial charge < -0.3 is 4.74 Å². The maximum absolute atomic E-state index is 16.0. The molecule has 0 amide bonds. The van der Waals surface area contributed by atoms with Crippen molar-refractivity contribution in [1.29, 1.82) is 0 Å². The number of carbonyl (C=O) groups is 2. The summed E-state index contributed by atoms with van der Waals surface area (Å²) in [7, 11) is 0. The molecule has 0 saturated heterocycles. The summed E-state index contributed by atoms with van der Waals surface area (Å²) in [6.45, 7) is 5.98. The molecule has 5 heteroatoms. The van der Waals surface area contributed by atoms with Gasteiger partial charge in [0.25, 0.3) is 0 Å². The zero-order valence-corrected chi connectivity index (χ0v) is 17.9. The molecule has 4 aliphatic rings. The van der Waals surface area contributed by atoms with Crippen LogP contribution in [0.3, 0.4) is 0 Å². The van der Waals surface area contributed by atoms with E-state index in [1.807, 2.05) is 6.08 Å². The summed E-state index contributed by atoms with van der Waals surface area (Å²) in [6, 6.07) is 0. The molecule has 0 N–H and O–H groups in total. The van der Waals surface area contributed by atoms with Crippen molar-refractivity contribution in [1.82, 2.24) is 0 Å². The molecule has 3 saturated carbocycles. The number of hydrogen-bond acceptors (Lipinski definition) is 3. The van der Waals surface area contributed by atoms with Crippen molar-refractivity contribution in [2.45, 2.75) is 75.9 Å². The molecule has 0 radical (unpaired) electrons. The molecule has 0 aliphatic heterocycles. The highest BCUT2D eigenvalue weighted by atomic mass is 79.9. The number of ether oxygens (including phenoxy) is 1. The summed E-state index contributed by atoms with van der Waals surface area (Å²) < 4.78 is 21.0. The van der Waals surface area contributed by atoms with E-state index in [2.05, 4.69) is 29.8 Å². The largest absolute Gasteiger partial charge is 0.462 e. The van der Waals surface area contributed by atoms with Gasteiger partial charge in [-0.05, 0) is 56.1 Å². The van der Waals surface area contributed by atoms with E-state index in [0.717, 1.165) is 31.3 Å². The van der Waals surface area contributed by atoms with Crippen LogP contribution in [0.2, 0.25) is 0 Å². The fourth-order valence-corrected chi connectivity index (χ4v) is 7.63. The quantitative estimate of drug-likeness (QED) is 0.445. The molecule has 0 aromatic rings. The van der Waals surface area contributed by atoms with Gasteiger partial charge in [-0.1, -0.05) is 48.4 Å². The maximum Gasteiger partial charge on any atom is 0.305 e. The number of rotatable bonds is 2. The van der Waals surface area contributed by atoms with E-state index in [1.165, 1.54) is 0 Å². The third-order valence-electron chi connectivity index (χ3n) is 8.07. The second-order valence-corrected chi connectivity index (χ2v) is 10.5. The first-order chi connectivity index (χ1) is 12.7. The average molecular weight is 439 g/mol. The molecule has 2 unspecified atom stereocenters. The van der Waals surface area contributed by atoms with E-state index in [9.17, 15) is 9.59 Å². The standard InChI is InChI=1S/C22H28BrFO3/c1-4-19(26)27-18-8-7-15-16-6-5-13-11-14(25)9-10-21(13,3)22(16,23)17(24)12-20(15,18)2/h9-11,15-18H,4-8,12H2,1-3H3/t15-,16-,17?,18?,20-,21-,22-/m0/s1. The van der Waals surface area contributed by atoms with Gasteiger partial charge >= 0.3 is 5.97 Å². The third-order valence-corrected chi connectivity index (χ3v) is 9.98. The second-order valence-electron chi connectivity index (χ2n) is 9.21. The fraction of sp³-hybridized carbons (Fsp3) is 0.727. The molecule has 0 bridgehead atoms. The highest BCUT2D eigenvalue weighted by molar-refractivity contribution is 9.10. The highest BCUT2D eigenvalue weighted by Gasteiger charge is 2.69. The van der Waals surface area contributed by atoms with E-state index < -0.39 is 15.9 Å². The van der Waals surface area contributed by atoms with E-state index in [-0.39, 0.29) is 29.2 Å². The molecule has 7 atom stereocenters. The van der Waals surface area contributed by atoms with Crippen molar-refractivity contribution in [3.8, 4) is 0 Å². The molecule has 27 heavy (non-hydrogen) atoms. The Labute approximate surface area is 168 Å². The van der Waals surface area contributed by atoms with Crippen LogP contribution < -0.4 is 0 Å². The third kappa shape index (κ3) is 2.49. The van der Waals surface area contributed by atoms with Gasteiger partial charge in [0.15, 0.2) is 5.78 Å². The summed E-state index contributed by atoms with van der Waals surface area (Å²) in [6.07, 6.45) is 8.15. The summed E-state index contributed by atoms with van der Waals surface area (Å²) in [4.78, 5) is 23.8. The molecule has 4 rings (SSSR count). The predicted molar refractivity (Wildman–Crippen MR) is 105 cm³/mol. The van der Waals surface area contributed by atoms with Gasteiger partial charge in [-0.15, -0.1) is 0 Å². The maximum atomic E-state index is 16.0. The normalized spacial score (nSPS) is 48.3. The number of esters is 1. The lowest BCUT2D eigenvalue weighted by Gasteiger charge is -2.62. The van der Waals surface area contributed by atoms with Crippen molar-refractivity contribution >= 4 is 27.7 Å². The first kappa shape index (κ1) is 19.4. The predicted octanol–water partition coefficient (Wildman–Crippen LogP) is 5.08. The Morgan fingerprint density at radius 3 is 2.74 bits per heavy atom. The minimum absolute atomic E-state index is 0.000453. The molecule has 4 aliphatic carbocycles. The van der Waals surface area contributed by atoms with E-state index in [4.69, 9.17) is 4.74 Å². The lowest BCUT2D eigenvalue weighted by Crippen LogP contribution is -2.65. The lowest BCUT2D eigenvalue weighted by atomic mass is 9.47. The minimum atomic E-state index is -1.07. The Bertz CT molecular complexity index is 746. The van der Waals surface area contributed by atoms with E-state index in [1.54, 1.807) is 19.1 Å². The smallest absolute Gasteiger partial charge is 0.305 e. The zero-order chi connectivity index (χ0) is 19.6. The van der Waals surface area contributed by atoms with Gasteiger partial charge in [0.2, 0.25) is 0 Å². The summed E-state index contributed by atoms with van der Waals surface area (Å²) in [5.41, 5.74) is 0.224. The van der Waals surface area contributed by atoms with Gasteiger partial charge in [0.1, 0.15) is 12.3 Å². The number of carbonyl (C=O) groups excluding carboxylic acids is 2. The number of hydrogen-bond donors (Lipinski definition) is 0. The first-order valence-corrected chi connectivity index (χ1v) is 10.9. The Hall–Kier alpha value is -0.970. The van der Waals surface area contributed by atoms with Crippen molar-refractivity contribution in [2.75, 3.05) is 0 Å². The van der Waals surface area contributed by atoms with Crippen molar-refractivity contribution in [3.05, 3.63) is 23.8 Å². The van der Waals surface area contributed by atoms with Crippen molar-refractivity contribution in [3.63, 3.8) is 0 Å². The number of alkyl halides is 2. The van der Waals surface area contributed by atoms with Crippen LogP contribution in [0.15, 0.2) is 23.8 Å². The van der Waals surface area contributed by atoms with Gasteiger partial charge in [-0.3, -0.25) is 9.59 Å². The summed E-state index contributed by atoms with van der Waals surface area (Å²) in [5.74, 6) is 0.266. The van der Waals surface area contributed by atoms with Crippen LogP contribution in [0.25, 0.3) is 0 Å². The van der Waals surface area contributed by atoms with E-state index in [0.29, 0.717) is 18.8 Å². The van der Waals surface area contributed by atoms with Crippen LogP contribution in [-0.4, -0.2) is 28.4 Å². The van der Waals surface area contributed by atoms with Crippen LogP contribution >= 0.6 is 15.9 Å². The fourth-order valence-electron chi connectivity index (χ4n) is 6.53. The Morgan fingerprint density at radius 1 is 1.30 bits per heavy atom. The van der Waals surface area contributed by atoms with Gasteiger partial charge in [0, 0.05) is 17.3 Å². The molecule has 0 aromatic carbocycles. The number of halogens is 2. The Kier molecular flexibility index (Phi) is 4.49. The SMILES string of the molecule is CCC(=O)OC1CC[C@H]2[C@@H]3CCC4=CC(=O)C=C[C@]4(C)[C@@]3(Br)C(F)C[C@]12C. The molecule has 3 nitrogen and oxygen atoms in total. The molecule has 148 valence electrons. The molecule has 3 fully saturated rings. The zero-order valence-electron chi connectivity index (χ0n) is 16.3. The van der Waals surface area contributed by atoms with Crippen LogP contribution in [0.5, 0.6) is 0 Å². The van der Waals surface area contributed by atoms with Gasteiger partial charge in [-0.2, -0.15) is 0 Å². The molecular formula is C22H28BrFO3. The average Bonchev–Trinajstić information content (AvgIpc) is 2.93. The van der Waals surface area contributed by atoms with Crippen molar-refractivity contribution < 1.29 is 18.7 Å². The minimum Gasteiger partial charge on any atom is -0.462 e. The second kappa shape index (κ2) is 6.27. The van der Waals surface area contributed by atoms with E-state index >= 15 is 4.39 Å². The molecular weight excluding hydrogens is 411 g/mol. The van der Waals surface area contributed by atoms with Crippen LogP contribution in [0.1, 0.15) is 59.3 Å². The monoisotopic (exact) mass is 438 g/mol. The highest BCUT2D eigenvalue weighted by Crippen LogP contribution is 2.70. The Balaban J connectivity index is 1.72. The van der Waals surface area contributed by atoms with Crippen LogP contribution in [-0.2, 0) is 14.3 Å². The summed E-state index contributed by atoms with van der Waals surface area (Å²) >= 11 is 3.91. The lowest BCUT2D eigenvalue weighted by molar-refractivity contribution is -0.160. The van der Waals surface area contributed by atoms with Crippen LogP contribution in [0, 0.1) is 22.7 Å². The first-order valence-electron chi connectivity index (χ1n) is 10.1. The molecule has 0 spiro atoms. The van der Waals surface area contributed by atoms with Crippen molar-refractivity contribution in [2.24, 2.45) is 22.7 Å². The Morgan fingerprint density at radius 2 is 2.04 bits per heavy atom. The molecule has 0 heterocycles.